The lowest BCUT2D eigenvalue weighted by Gasteiger charge is -2.38. The second-order valence-electron chi connectivity index (χ2n) is 7.68. The fourth-order valence-electron chi connectivity index (χ4n) is 3.58. The number of likely N-dealkylation sites (N-methyl/N-ethyl adjacent to an activating group) is 1. The molecule has 5 N–H and O–H groups in total. The quantitative estimate of drug-likeness (QED) is 0.318. The molecule has 1 unspecified atom stereocenters. The molecule has 10 heteroatoms. The summed E-state index contributed by atoms with van der Waals surface area (Å²) in [5, 5.41) is 47.5. The number of nitrogens with zero attached hydrogens (tertiary/aromatic N) is 1. The van der Waals surface area contributed by atoms with Crippen molar-refractivity contribution in [3.8, 4) is 5.75 Å². The van der Waals surface area contributed by atoms with E-state index in [0.29, 0.717) is 18.7 Å². The van der Waals surface area contributed by atoms with Gasteiger partial charge in [0.05, 0.1) is 0 Å². The number of benzene rings is 1. The van der Waals surface area contributed by atoms with Crippen LogP contribution in [-0.2, 0) is 20.7 Å². The van der Waals surface area contributed by atoms with E-state index < -0.39 is 42.6 Å². The molecule has 0 bridgehead atoms. The van der Waals surface area contributed by atoms with Gasteiger partial charge in [-0.2, -0.15) is 0 Å². The van der Waals surface area contributed by atoms with Crippen LogP contribution in [0.25, 0.3) is 0 Å². The number of ether oxygens (including phenoxy) is 2. The van der Waals surface area contributed by atoms with Crippen LogP contribution in [0.15, 0.2) is 24.3 Å². The predicted octanol–water partition coefficient (Wildman–Crippen LogP) is 0.0753. The number of carboxylic acids is 2. The molecule has 0 amide bonds. The van der Waals surface area contributed by atoms with E-state index in [1.807, 2.05) is 19.1 Å². The highest BCUT2D eigenvalue weighted by Crippen LogP contribution is 2.25. The number of aliphatic carboxylic acids is 2. The maximum absolute atomic E-state index is 11.2. The van der Waals surface area contributed by atoms with Gasteiger partial charge in [-0.05, 0) is 50.6 Å². The SMILES string of the molecule is CCN(CCCC(=O)O)C(C)Cc1ccc(O[C@@H]2O[C@H](C(=O)O)[C@@H](O)[C@H](O)[C@H]2O)cc1. The molecule has 10 nitrogen and oxygen atoms in total. The number of aliphatic hydroxyl groups is 3. The monoisotopic (exact) mass is 441 g/mol. The minimum atomic E-state index is -1.77. The Labute approximate surface area is 180 Å². The van der Waals surface area contributed by atoms with Crippen LogP contribution in [0.3, 0.4) is 0 Å². The highest BCUT2D eigenvalue weighted by atomic mass is 16.7. The molecular weight excluding hydrogens is 410 g/mol. The van der Waals surface area contributed by atoms with Gasteiger partial charge in [-0.15, -0.1) is 0 Å². The van der Waals surface area contributed by atoms with Gasteiger partial charge in [0.15, 0.2) is 6.10 Å². The zero-order valence-electron chi connectivity index (χ0n) is 17.6. The van der Waals surface area contributed by atoms with E-state index in [-0.39, 0.29) is 12.5 Å². The van der Waals surface area contributed by atoms with Crippen LogP contribution in [0, 0.1) is 0 Å². The van der Waals surface area contributed by atoms with Crippen molar-refractivity contribution in [2.24, 2.45) is 0 Å². The van der Waals surface area contributed by atoms with E-state index in [4.69, 9.17) is 19.7 Å². The average molecular weight is 441 g/mol. The second kappa shape index (κ2) is 11.4. The van der Waals surface area contributed by atoms with Crippen LogP contribution in [0.5, 0.6) is 5.75 Å². The Morgan fingerprint density at radius 3 is 2.29 bits per heavy atom. The van der Waals surface area contributed by atoms with Crippen molar-refractivity contribution in [3.63, 3.8) is 0 Å². The van der Waals surface area contributed by atoms with Crippen LogP contribution in [-0.4, -0.2) is 92.2 Å². The van der Waals surface area contributed by atoms with Crippen LogP contribution in [0.2, 0.25) is 0 Å². The number of aliphatic hydroxyl groups excluding tert-OH is 3. The van der Waals surface area contributed by atoms with Gasteiger partial charge < -0.3 is 39.9 Å². The lowest BCUT2D eigenvalue weighted by atomic mass is 9.99. The number of carbonyl (C=O) groups is 2. The largest absolute Gasteiger partial charge is 0.481 e. The van der Waals surface area contributed by atoms with Gasteiger partial charge >= 0.3 is 11.9 Å². The average Bonchev–Trinajstić information content (AvgIpc) is 2.72. The number of rotatable bonds is 11. The van der Waals surface area contributed by atoms with E-state index in [1.54, 1.807) is 12.1 Å². The molecule has 1 aliphatic heterocycles. The summed E-state index contributed by atoms with van der Waals surface area (Å²) in [5.74, 6) is -1.97. The summed E-state index contributed by atoms with van der Waals surface area (Å²) >= 11 is 0. The molecule has 31 heavy (non-hydrogen) atoms. The summed E-state index contributed by atoms with van der Waals surface area (Å²) in [5.41, 5.74) is 1.01. The van der Waals surface area contributed by atoms with Gasteiger partial charge in [0.2, 0.25) is 6.29 Å². The van der Waals surface area contributed by atoms with Gasteiger partial charge in [-0.1, -0.05) is 19.1 Å². The van der Waals surface area contributed by atoms with Crippen LogP contribution in [0.1, 0.15) is 32.3 Å². The summed E-state index contributed by atoms with van der Waals surface area (Å²) in [6.07, 6.45) is -6.82. The number of hydrogen-bond acceptors (Lipinski definition) is 8. The van der Waals surface area contributed by atoms with Gasteiger partial charge in [0, 0.05) is 12.5 Å². The number of hydrogen-bond donors (Lipinski definition) is 5. The Morgan fingerprint density at radius 1 is 1.10 bits per heavy atom. The molecule has 0 aromatic heterocycles. The summed E-state index contributed by atoms with van der Waals surface area (Å²) < 4.78 is 10.6. The highest BCUT2D eigenvalue weighted by molar-refractivity contribution is 5.73. The summed E-state index contributed by atoms with van der Waals surface area (Å²) in [7, 11) is 0. The van der Waals surface area contributed by atoms with Crippen molar-refractivity contribution in [2.45, 2.75) is 69.9 Å². The van der Waals surface area contributed by atoms with Crippen molar-refractivity contribution in [2.75, 3.05) is 13.1 Å². The van der Waals surface area contributed by atoms with E-state index in [2.05, 4.69) is 11.8 Å². The van der Waals surface area contributed by atoms with Gasteiger partial charge in [0.25, 0.3) is 0 Å². The molecule has 174 valence electrons. The van der Waals surface area contributed by atoms with E-state index >= 15 is 0 Å². The molecule has 1 aliphatic rings. The third kappa shape index (κ3) is 6.88. The molecule has 0 aliphatic carbocycles. The standard InChI is InChI=1S/C21H31NO9/c1-3-22(10-4-5-15(23)24)12(2)11-13-6-8-14(9-7-13)30-21-18(27)16(25)17(26)19(31-21)20(28)29/h6-9,12,16-19,21,25-27H,3-5,10-11H2,1-2H3,(H,23,24)(H,28,29)/t12?,16-,17-,18+,19-,21+/m0/s1. The minimum absolute atomic E-state index is 0.138. The van der Waals surface area contributed by atoms with Crippen LogP contribution in [0.4, 0.5) is 0 Å². The molecule has 0 saturated carbocycles. The Balaban J connectivity index is 1.95. The van der Waals surface area contributed by atoms with Crippen LogP contribution < -0.4 is 4.74 Å². The number of carboxylic acid groups (broad SMARTS) is 2. The highest BCUT2D eigenvalue weighted by Gasteiger charge is 2.48. The Kier molecular flexibility index (Phi) is 9.20. The lowest BCUT2D eigenvalue weighted by molar-refractivity contribution is -0.271. The van der Waals surface area contributed by atoms with Crippen molar-refractivity contribution in [3.05, 3.63) is 29.8 Å². The van der Waals surface area contributed by atoms with Crippen molar-refractivity contribution in [1.82, 2.24) is 4.90 Å². The summed E-state index contributed by atoms with van der Waals surface area (Å²) in [4.78, 5) is 24.1. The molecule has 1 heterocycles. The van der Waals surface area contributed by atoms with Crippen molar-refractivity contribution in [1.29, 1.82) is 0 Å². The van der Waals surface area contributed by atoms with E-state index in [9.17, 15) is 24.9 Å². The van der Waals surface area contributed by atoms with Gasteiger partial charge in [-0.3, -0.25) is 4.79 Å². The molecule has 2 rings (SSSR count). The fraction of sp³-hybridized carbons (Fsp3) is 0.619. The molecule has 6 atom stereocenters. The molecule has 1 fully saturated rings. The third-order valence-corrected chi connectivity index (χ3v) is 5.39. The molecule has 0 radical (unpaired) electrons. The summed E-state index contributed by atoms with van der Waals surface area (Å²) in [6.45, 7) is 5.60. The van der Waals surface area contributed by atoms with Crippen molar-refractivity contribution < 1.29 is 44.6 Å². The smallest absolute Gasteiger partial charge is 0.335 e. The minimum Gasteiger partial charge on any atom is -0.481 e. The molecule has 0 spiro atoms. The Bertz CT molecular complexity index is 726. The molecule has 1 saturated heterocycles. The first-order valence-corrected chi connectivity index (χ1v) is 10.3. The van der Waals surface area contributed by atoms with Gasteiger partial charge in [0.1, 0.15) is 24.1 Å². The van der Waals surface area contributed by atoms with Crippen molar-refractivity contribution >= 4 is 11.9 Å². The first-order chi connectivity index (χ1) is 14.6. The second-order valence-corrected chi connectivity index (χ2v) is 7.68. The zero-order valence-corrected chi connectivity index (χ0v) is 17.6. The summed E-state index contributed by atoms with van der Waals surface area (Å²) in [6, 6.07) is 7.14. The van der Waals surface area contributed by atoms with Crippen LogP contribution >= 0.6 is 0 Å². The lowest BCUT2D eigenvalue weighted by Crippen LogP contribution is -2.61. The maximum atomic E-state index is 11.2. The van der Waals surface area contributed by atoms with E-state index in [0.717, 1.165) is 18.5 Å². The normalized spacial score (nSPS) is 27.1. The third-order valence-electron chi connectivity index (χ3n) is 5.39. The molecule has 1 aromatic carbocycles. The first kappa shape index (κ1) is 25.0. The first-order valence-electron chi connectivity index (χ1n) is 10.3. The maximum Gasteiger partial charge on any atom is 0.335 e. The molecule has 1 aromatic rings. The Morgan fingerprint density at radius 2 is 1.74 bits per heavy atom. The van der Waals surface area contributed by atoms with Gasteiger partial charge in [-0.25, -0.2) is 4.79 Å². The fourth-order valence-corrected chi connectivity index (χ4v) is 3.58. The zero-order chi connectivity index (χ0) is 23.1. The Hall–Kier alpha value is -2.24. The topological polar surface area (TPSA) is 157 Å². The molecular formula is C21H31NO9. The van der Waals surface area contributed by atoms with E-state index in [1.165, 1.54) is 0 Å². The predicted molar refractivity (Wildman–Crippen MR) is 109 cm³/mol.